The Kier molecular flexibility index (Phi) is 5.25. The molecule has 0 N–H and O–H groups in total. The molecule has 2 saturated heterocycles. The number of urea groups is 1. The van der Waals surface area contributed by atoms with Crippen LogP contribution in [0.2, 0.25) is 0 Å². The van der Waals surface area contributed by atoms with E-state index in [4.69, 9.17) is 4.74 Å². The molecule has 4 amide bonds. The Hall–Kier alpha value is -3.33. The zero-order valence-electron chi connectivity index (χ0n) is 20.4. The molecule has 3 aliphatic heterocycles. The van der Waals surface area contributed by atoms with Gasteiger partial charge in [-0.1, -0.05) is 19.9 Å². The van der Waals surface area contributed by atoms with Gasteiger partial charge >= 0.3 is 6.03 Å². The number of barbiturate groups is 1. The van der Waals surface area contributed by atoms with Crippen molar-refractivity contribution in [1.82, 2.24) is 9.80 Å². The van der Waals surface area contributed by atoms with Crippen molar-refractivity contribution in [3.05, 3.63) is 34.9 Å². The monoisotopic (exact) mass is 479 g/mol. The van der Waals surface area contributed by atoms with Gasteiger partial charge in [-0.15, -0.1) is 0 Å². The van der Waals surface area contributed by atoms with Crippen LogP contribution < -0.4 is 4.90 Å². The van der Waals surface area contributed by atoms with Gasteiger partial charge in [-0.2, -0.15) is 0 Å². The highest BCUT2D eigenvalue weighted by molar-refractivity contribution is 6.30. The summed E-state index contributed by atoms with van der Waals surface area (Å²) in [6, 6.07) is 4.53. The summed E-state index contributed by atoms with van der Waals surface area (Å²) in [5.41, 5.74) is 0.696. The van der Waals surface area contributed by atoms with Crippen LogP contribution in [-0.4, -0.2) is 79.1 Å². The van der Waals surface area contributed by atoms with Crippen LogP contribution in [0.25, 0.3) is 6.08 Å². The highest BCUT2D eigenvalue weighted by Gasteiger charge is 2.60. The molecular formula is C26H29N3O6. The number of carbonyl (C=O) groups excluding carboxylic acids is 5. The van der Waals surface area contributed by atoms with Crippen molar-refractivity contribution >= 4 is 41.2 Å². The van der Waals surface area contributed by atoms with Gasteiger partial charge in [0.25, 0.3) is 11.8 Å². The third kappa shape index (κ3) is 3.43. The minimum atomic E-state index is -1.17. The molecule has 184 valence electrons. The maximum Gasteiger partial charge on any atom is 0.333 e. The number of ether oxygens (including phenoxy) is 1. The normalized spacial score (nSPS) is 25.7. The van der Waals surface area contributed by atoms with Crippen LogP contribution in [0.5, 0.6) is 0 Å². The fourth-order valence-electron chi connectivity index (χ4n) is 5.95. The van der Waals surface area contributed by atoms with Gasteiger partial charge in [0.1, 0.15) is 22.6 Å². The second-order valence-electron chi connectivity index (χ2n) is 10.8. The van der Waals surface area contributed by atoms with Crippen molar-refractivity contribution in [2.45, 2.75) is 39.2 Å². The number of ketones is 2. The molecular weight excluding hydrogens is 450 g/mol. The lowest BCUT2D eigenvalue weighted by Gasteiger charge is -2.54. The number of morpholine rings is 1. The first-order chi connectivity index (χ1) is 16.5. The molecule has 1 saturated carbocycles. The maximum absolute atomic E-state index is 13.6. The van der Waals surface area contributed by atoms with Crippen LogP contribution in [0.3, 0.4) is 0 Å². The van der Waals surface area contributed by atoms with Gasteiger partial charge in [0.15, 0.2) is 0 Å². The van der Waals surface area contributed by atoms with Gasteiger partial charge in [0.2, 0.25) is 0 Å². The Bertz CT molecular complexity index is 1170. The second-order valence-corrected chi connectivity index (χ2v) is 10.8. The van der Waals surface area contributed by atoms with Crippen LogP contribution in [-0.2, 0) is 30.3 Å². The van der Waals surface area contributed by atoms with Gasteiger partial charge < -0.3 is 9.64 Å². The van der Waals surface area contributed by atoms with Crippen molar-refractivity contribution in [3.8, 4) is 0 Å². The predicted molar refractivity (Wildman–Crippen MR) is 126 cm³/mol. The number of anilines is 1. The van der Waals surface area contributed by atoms with Gasteiger partial charge in [-0.3, -0.25) is 29.0 Å². The molecule has 0 bridgehead atoms. The van der Waals surface area contributed by atoms with E-state index in [2.05, 4.69) is 4.90 Å². The molecule has 1 aliphatic carbocycles. The summed E-state index contributed by atoms with van der Waals surface area (Å²) in [6.45, 7) is 5.28. The number of nitrogens with zero attached hydrogens (tertiary/aromatic N) is 3. The van der Waals surface area contributed by atoms with Crippen molar-refractivity contribution in [3.63, 3.8) is 0 Å². The third-order valence-corrected chi connectivity index (χ3v) is 7.81. The van der Waals surface area contributed by atoms with E-state index < -0.39 is 23.3 Å². The van der Waals surface area contributed by atoms with Crippen LogP contribution in [0.15, 0.2) is 23.8 Å². The van der Waals surface area contributed by atoms with Gasteiger partial charge in [-0.25, -0.2) is 4.79 Å². The summed E-state index contributed by atoms with van der Waals surface area (Å²) in [4.78, 5) is 68.5. The number of Topliss-reactive ketones (excluding diaryl/α,β-unsaturated/α-hetero) is 2. The average Bonchev–Trinajstić information content (AvgIpc) is 2.82. The van der Waals surface area contributed by atoms with Crippen LogP contribution in [0.1, 0.15) is 37.8 Å². The molecule has 1 aromatic rings. The minimum Gasteiger partial charge on any atom is -0.377 e. The molecule has 1 spiro atoms. The number of amides is 4. The van der Waals surface area contributed by atoms with Gasteiger partial charge in [0.05, 0.1) is 19.3 Å². The zero-order valence-corrected chi connectivity index (χ0v) is 20.4. The van der Waals surface area contributed by atoms with E-state index in [9.17, 15) is 24.0 Å². The highest BCUT2D eigenvalue weighted by Crippen LogP contribution is 2.50. The number of likely N-dealkylation sites (N-methyl/N-ethyl adjacent to an activating group) is 2. The molecule has 3 fully saturated rings. The largest absolute Gasteiger partial charge is 0.377 e. The topological polar surface area (TPSA) is 104 Å². The Balaban J connectivity index is 1.58. The summed E-state index contributed by atoms with van der Waals surface area (Å²) in [6.07, 6.45) is 2.39. The van der Waals surface area contributed by atoms with Gasteiger partial charge in [-0.05, 0) is 41.2 Å². The molecule has 3 heterocycles. The number of carbonyl (C=O) groups is 5. The molecule has 35 heavy (non-hydrogen) atoms. The fraction of sp³-hybridized carbons (Fsp3) is 0.500. The number of hydrogen-bond donors (Lipinski definition) is 0. The number of benzene rings is 1. The van der Waals surface area contributed by atoms with E-state index in [1.54, 1.807) is 6.07 Å². The quantitative estimate of drug-likeness (QED) is 0.344. The maximum atomic E-state index is 13.6. The number of hydrogen-bond acceptors (Lipinski definition) is 7. The molecule has 5 rings (SSSR count). The summed E-state index contributed by atoms with van der Waals surface area (Å²) in [7, 11) is 2.66. The third-order valence-electron chi connectivity index (χ3n) is 7.81. The Labute approximate surface area is 203 Å². The lowest BCUT2D eigenvalue weighted by molar-refractivity contribution is -0.152. The van der Waals surface area contributed by atoms with Crippen molar-refractivity contribution < 1.29 is 28.7 Å². The van der Waals surface area contributed by atoms with Crippen LogP contribution in [0.4, 0.5) is 10.5 Å². The summed E-state index contributed by atoms with van der Waals surface area (Å²) >= 11 is 0. The first-order valence-electron chi connectivity index (χ1n) is 11.8. The standard InChI is InChI=1S/C26H29N3O6/c1-25(2)12-20(30)26(21(31)13-25)11-16-9-15(5-6-18(16)29-7-8-35-14-19(26)29)10-17-22(32)27(3)24(34)28(4)23(17)33/h5-6,9-10,19H,7-8,11-14H2,1-4H3. The predicted octanol–water partition coefficient (Wildman–Crippen LogP) is 1.83. The van der Waals surface area contributed by atoms with E-state index in [1.807, 2.05) is 26.0 Å². The van der Waals surface area contributed by atoms with Crippen molar-refractivity contribution in [2.24, 2.45) is 10.8 Å². The molecule has 9 heteroatoms. The summed E-state index contributed by atoms with van der Waals surface area (Å²) in [5, 5.41) is 0. The Morgan fingerprint density at radius 1 is 0.943 bits per heavy atom. The lowest BCUT2D eigenvalue weighted by atomic mass is 9.56. The smallest absolute Gasteiger partial charge is 0.333 e. The number of rotatable bonds is 1. The van der Waals surface area contributed by atoms with Crippen molar-refractivity contribution in [1.29, 1.82) is 0 Å². The SMILES string of the molecule is CN1C(=O)C(=Cc2ccc3c(c2)CC2(C(=O)CC(C)(C)CC2=O)C2COCCN32)C(=O)N(C)C1=O. The molecule has 1 unspecified atom stereocenters. The highest BCUT2D eigenvalue weighted by atomic mass is 16.5. The molecule has 0 aromatic heterocycles. The van der Waals surface area contributed by atoms with Gasteiger partial charge in [0, 0.05) is 39.2 Å². The molecule has 0 radical (unpaired) electrons. The van der Waals surface area contributed by atoms with E-state index in [-0.39, 0.29) is 35.0 Å². The Morgan fingerprint density at radius 3 is 2.20 bits per heavy atom. The van der Waals surface area contributed by atoms with E-state index in [0.717, 1.165) is 21.1 Å². The second kappa shape index (κ2) is 7.84. The lowest BCUT2D eigenvalue weighted by Crippen LogP contribution is -2.66. The molecule has 1 atom stereocenters. The van der Waals surface area contributed by atoms with E-state index in [0.29, 0.717) is 38.2 Å². The van der Waals surface area contributed by atoms with E-state index >= 15 is 0 Å². The first kappa shape index (κ1) is 23.4. The number of fused-ring (bicyclic) bond motifs is 4. The minimum absolute atomic E-state index is 0.0481. The van der Waals surface area contributed by atoms with E-state index in [1.165, 1.54) is 20.2 Å². The summed E-state index contributed by atoms with van der Waals surface area (Å²) < 4.78 is 5.74. The van der Waals surface area contributed by atoms with Crippen LogP contribution in [0, 0.1) is 10.8 Å². The molecule has 9 nitrogen and oxygen atoms in total. The summed E-state index contributed by atoms with van der Waals surface area (Å²) in [5.74, 6) is -1.43. The zero-order chi connectivity index (χ0) is 25.3. The first-order valence-corrected chi connectivity index (χ1v) is 11.8. The number of imide groups is 2. The Morgan fingerprint density at radius 2 is 1.57 bits per heavy atom. The van der Waals surface area contributed by atoms with Crippen LogP contribution >= 0.6 is 0 Å². The van der Waals surface area contributed by atoms with Crippen molar-refractivity contribution in [2.75, 3.05) is 38.8 Å². The average molecular weight is 480 g/mol. The molecule has 4 aliphatic rings. The fourth-order valence-corrected chi connectivity index (χ4v) is 5.95. The molecule has 1 aromatic carbocycles.